The van der Waals surface area contributed by atoms with Crippen LogP contribution < -0.4 is 5.56 Å². The zero-order chi connectivity index (χ0) is 16.8. The summed E-state index contributed by atoms with van der Waals surface area (Å²) < 4.78 is 14.1. The molecule has 1 saturated carbocycles. The van der Waals surface area contributed by atoms with Crippen LogP contribution in [0.5, 0.6) is 0 Å². The van der Waals surface area contributed by atoms with Crippen molar-refractivity contribution < 1.29 is 4.39 Å². The predicted octanol–water partition coefficient (Wildman–Crippen LogP) is 3.31. The van der Waals surface area contributed by atoms with Gasteiger partial charge in [0.05, 0.1) is 10.7 Å². The Labute approximate surface area is 144 Å². The number of nitrogens with one attached hydrogen (secondary N) is 1. The molecule has 0 bridgehead atoms. The van der Waals surface area contributed by atoms with Gasteiger partial charge in [0.25, 0.3) is 5.56 Å². The van der Waals surface area contributed by atoms with Gasteiger partial charge in [0.15, 0.2) is 0 Å². The number of halogens is 2. The van der Waals surface area contributed by atoms with E-state index in [1.165, 1.54) is 6.07 Å². The molecule has 0 amide bonds. The van der Waals surface area contributed by atoms with Crippen LogP contribution in [-0.2, 0) is 19.5 Å². The van der Waals surface area contributed by atoms with E-state index in [0.29, 0.717) is 42.6 Å². The second-order valence-corrected chi connectivity index (χ2v) is 7.15. The van der Waals surface area contributed by atoms with Crippen molar-refractivity contribution in [1.29, 1.82) is 0 Å². The third-order valence-corrected chi connectivity index (χ3v) is 5.42. The molecule has 0 unspecified atom stereocenters. The topological polar surface area (TPSA) is 49.0 Å². The zero-order valence-corrected chi connectivity index (χ0v) is 14.3. The Morgan fingerprint density at radius 1 is 1.42 bits per heavy atom. The van der Waals surface area contributed by atoms with Gasteiger partial charge in [0.1, 0.15) is 11.6 Å². The lowest BCUT2D eigenvalue weighted by molar-refractivity contribution is 0.237. The molecule has 0 radical (unpaired) electrons. The first kappa shape index (κ1) is 15.8. The molecule has 4 nitrogen and oxygen atoms in total. The first-order chi connectivity index (χ1) is 11.5. The van der Waals surface area contributed by atoms with E-state index in [9.17, 15) is 9.18 Å². The lowest BCUT2D eigenvalue weighted by atomic mass is 10.0. The fourth-order valence-corrected chi connectivity index (χ4v) is 3.49. The van der Waals surface area contributed by atoms with Gasteiger partial charge in [-0.1, -0.05) is 17.7 Å². The molecular formula is C18H19ClFN3O. The molecule has 1 aromatic heterocycles. The number of aromatic amines is 1. The molecule has 2 aromatic rings. The van der Waals surface area contributed by atoms with Crippen LogP contribution in [0.3, 0.4) is 0 Å². The number of hydrogen-bond acceptors (Lipinski definition) is 3. The van der Waals surface area contributed by atoms with E-state index < -0.39 is 0 Å². The molecule has 0 atom stereocenters. The number of fused-ring (bicyclic) bond motifs is 1. The second-order valence-electron chi connectivity index (χ2n) is 6.77. The fourth-order valence-electron chi connectivity index (χ4n) is 3.28. The number of aryl methyl sites for hydroxylation is 1. The van der Waals surface area contributed by atoms with Gasteiger partial charge >= 0.3 is 0 Å². The molecular weight excluding hydrogens is 329 g/mol. The zero-order valence-electron chi connectivity index (χ0n) is 13.5. The highest BCUT2D eigenvalue weighted by atomic mass is 35.5. The number of benzene rings is 1. The summed E-state index contributed by atoms with van der Waals surface area (Å²) in [6, 6.07) is 3.15. The maximum atomic E-state index is 14.1. The Kier molecular flexibility index (Phi) is 3.93. The Hall–Kier alpha value is -1.72. The van der Waals surface area contributed by atoms with Gasteiger partial charge in [-0.05, 0) is 37.8 Å². The minimum atomic E-state index is -0.283. The summed E-state index contributed by atoms with van der Waals surface area (Å²) >= 11 is 6.28. The van der Waals surface area contributed by atoms with E-state index >= 15 is 0 Å². The van der Waals surface area contributed by atoms with Gasteiger partial charge in [-0.3, -0.25) is 9.69 Å². The van der Waals surface area contributed by atoms with Crippen molar-refractivity contribution in [2.24, 2.45) is 0 Å². The third-order valence-electron chi connectivity index (χ3n) is 4.90. The summed E-state index contributed by atoms with van der Waals surface area (Å²) in [7, 11) is 0. The molecule has 1 fully saturated rings. The molecule has 1 N–H and O–H groups in total. The molecule has 24 heavy (non-hydrogen) atoms. The molecule has 4 rings (SSSR count). The van der Waals surface area contributed by atoms with Crippen molar-refractivity contribution in [3.8, 4) is 0 Å². The van der Waals surface area contributed by atoms with E-state index in [0.717, 1.165) is 35.5 Å². The number of rotatable bonds is 3. The third kappa shape index (κ3) is 2.87. The van der Waals surface area contributed by atoms with Crippen molar-refractivity contribution in [3.63, 3.8) is 0 Å². The fraction of sp³-hybridized carbons (Fsp3) is 0.444. The van der Waals surface area contributed by atoms with Crippen molar-refractivity contribution in [3.05, 3.63) is 61.5 Å². The van der Waals surface area contributed by atoms with Gasteiger partial charge in [0, 0.05) is 36.7 Å². The first-order valence-electron chi connectivity index (χ1n) is 8.30. The van der Waals surface area contributed by atoms with E-state index in [2.05, 4.69) is 14.9 Å². The van der Waals surface area contributed by atoms with Crippen LogP contribution in [0.25, 0.3) is 0 Å². The number of nitrogens with zero attached hydrogens (tertiary/aromatic N) is 2. The van der Waals surface area contributed by atoms with Crippen molar-refractivity contribution in [2.45, 2.75) is 45.2 Å². The average molecular weight is 348 g/mol. The minimum Gasteiger partial charge on any atom is -0.310 e. The maximum absolute atomic E-state index is 14.1. The molecule has 1 aromatic carbocycles. The van der Waals surface area contributed by atoms with Crippen LogP contribution >= 0.6 is 11.6 Å². The lowest BCUT2D eigenvalue weighted by Gasteiger charge is -2.28. The van der Waals surface area contributed by atoms with Crippen LogP contribution in [0.4, 0.5) is 4.39 Å². The quantitative estimate of drug-likeness (QED) is 0.926. The Morgan fingerprint density at radius 2 is 2.21 bits per heavy atom. The molecule has 0 saturated heterocycles. The first-order valence-corrected chi connectivity index (χ1v) is 8.68. The van der Waals surface area contributed by atoms with E-state index in [1.54, 1.807) is 6.07 Å². The number of aromatic nitrogens is 2. The van der Waals surface area contributed by atoms with Crippen molar-refractivity contribution in [2.75, 3.05) is 6.54 Å². The molecule has 2 heterocycles. The molecule has 1 aliphatic carbocycles. The second kappa shape index (κ2) is 5.97. The van der Waals surface area contributed by atoms with Gasteiger partial charge in [-0.25, -0.2) is 9.37 Å². The summed E-state index contributed by atoms with van der Waals surface area (Å²) in [6.07, 6.45) is 2.82. The van der Waals surface area contributed by atoms with Crippen molar-refractivity contribution >= 4 is 11.6 Å². The van der Waals surface area contributed by atoms with Gasteiger partial charge in [-0.2, -0.15) is 0 Å². The Morgan fingerprint density at radius 3 is 2.96 bits per heavy atom. The Balaban J connectivity index is 1.61. The standard InChI is InChI=1S/C18H19ClFN3O/c1-10-2-5-14(20)13(16(10)19)8-23-7-6-12-15(9-23)21-17(11-3-4-11)22-18(12)24/h2,5,11H,3-4,6-9H2,1H3,(H,21,22,24). The van der Waals surface area contributed by atoms with E-state index in [-0.39, 0.29) is 11.4 Å². The smallest absolute Gasteiger partial charge is 0.254 e. The van der Waals surface area contributed by atoms with Crippen LogP contribution in [-0.4, -0.2) is 21.4 Å². The molecule has 0 spiro atoms. The lowest BCUT2D eigenvalue weighted by Crippen LogP contribution is -2.35. The summed E-state index contributed by atoms with van der Waals surface area (Å²) in [4.78, 5) is 21.9. The monoisotopic (exact) mass is 347 g/mol. The average Bonchev–Trinajstić information content (AvgIpc) is 3.40. The van der Waals surface area contributed by atoms with E-state index in [4.69, 9.17) is 11.6 Å². The van der Waals surface area contributed by atoms with E-state index in [1.807, 2.05) is 6.92 Å². The minimum absolute atomic E-state index is 0.0127. The molecule has 2 aliphatic rings. The van der Waals surface area contributed by atoms with Gasteiger partial charge < -0.3 is 4.98 Å². The summed E-state index contributed by atoms with van der Waals surface area (Å²) in [6.45, 7) is 3.56. The van der Waals surface area contributed by atoms with Gasteiger partial charge in [-0.15, -0.1) is 0 Å². The highest BCUT2D eigenvalue weighted by Crippen LogP contribution is 2.38. The summed E-state index contributed by atoms with van der Waals surface area (Å²) in [5.74, 6) is 0.927. The van der Waals surface area contributed by atoms with Crippen LogP contribution in [0.2, 0.25) is 5.02 Å². The molecule has 1 aliphatic heterocycles. The molecule has 6 heteroatoms. The summed E-state index contributed by atoms with van der Waals surface area (Å²) in [5, 5.41) is 0.485. The number of hydrogen-bond donors (Lipinski definition) is 1. The summed E-state index contributed by atoms with van der Waals surface area (Å²) in [5.41, 5.74) is 2.98. The van der Waals surface area contributed by atoms with Gasteiger partial charge in [0.2, 0.25) is 0 Å². The van der Waals surface area contributed by atoms with Crippen molar-refractivity contribution in [1.82, 2.24) is 14.9 Å². The highest BCUT2D eigenvalue weighted by Gasteiger charge is 2.29. The van der Waals surface area contributed by atoms with Crippen LogP contribution in [0, 0.1) is 12.7 Å². The Bertz CT molecular complexity index is 860. The van der Waals surface area contributed by atoms with Crippen LogP contribution in [0.1, 0.15) is 47.0 Å². The molecule has 126 valence electrons. The normalized spacial score (nSPS) is 17.8. The number of H-pyrrole nitrogens is 1. The SMILES string of the molecule is Cc1ccc(F)c(CN2CCc3c(nc(C4CC4)[nH]c3=O)C2)c1Cl. The van der Waals surface area contributed by atoms with Crippen LogP contribution in [0.15, 0.2) is 16.9 Å². The maximum Gasteiger partial charge on any atom is 0.254 e. The largest absolute Gasteiger partial charge is 0.310 e. The predicted molar refractivity (Wildman–Crippen MR) is 90.8 cm³/mol. The highest BCUT2D eigenvalue weighted by molar-refractivity contribution is 6.32.